The Hall–Kier alpha value is -5.46. The zero-order chi connectivity index (χ0) is 32.4. The Labute approximate surface area is 289 Å². The summed E-state index contributed by atoms with van der Waals surface area (Å²) in [6.45, 7) is 0. The van der Waals surface area contributed by atoms with E-state index < -0.39 is 5.41 Å². The number of benzene rings is 5. The second-order valence-electron chi connectivity index (χ2n) is 14.1. The van der Waals surface area contributed by atoms with Gasteiger partial charge >= 0.3 is 0 Å². The monoisotopic (exact) mass is 626 g/mol. The molecule has 0 saturated heterocycles. The maximum absolute atomic E-state index is 2.56. The summed E-state index contributed by atoms with van der Waals surface area (Å²) < 4.78 is 0. The average molecular weight is 627 g/mol. The molecule has 0 aliphatic heterocycles. The smallest absolute Gasteiger partial charge is 0.0726 e. The molecule has 0 heterocycles. The number of allylic oxidation sites excluding steroid dienone is 12. The second-order valence-corrected chi connectivity index (χ2v) is 14.1. The lowest BCUT2D eigenvalue weighted by molar-refractivity contribution is 0.792. The van der Waals surface area contributed by atoms with E-state index in [0.717, 1.165) is 38.5 Å². The molecule has 0 N–H and O–H groups in total. The van der Waals surface area contributed by atoms with Crippen LogP contribution >= 0.6 is 0 Å². The van der Waals surface area contributed by atoms with E-state index in [2.05, 4.69) is 158 Å². The number of hydrogen-bond donors (Lipinski definition) is 0. The zero-order valence-corrected chi connectivity index (χ0v) is 27.8. The van der Waals surface area contributed by atoms with Crippen molar-refractivity contribution in [2.45, 2.75) is 43.9 Å². The molecule has 0 atom stereocenters. The third-order valence-corrected chi connectivity index (χ3v) is 11.5. The van der Waals surface area contributed by atoms with Crippen LogP contribution in [0.4, 0.5) is 0 Å². The first kappa shape index (κ1) is 28.5. The van der Waals surface area contributed by atoms with Gasteiger partial charge in [0.2, 0.25) is 0 Å². The van der Waals surface area contributed by atoms with Crippen LogP contribution in [0.1, 0.15) is 77.5 Å². The molecule has 0 heteroatoms. The highest BCUT2D eigenvalue weighted by molar-refractivity contribution is 5.98. The fourth-order valence-corrected chi connectivity index (χ4v) is 9.17. The minimum Gasteiger partial charge on any atom is -0.0842 e. The van der Waals surface area contributed by atoms with E-state index in [4.69, 9.17) is 0 Å². The van der Waals surface area contributed by atoms with Gasteiger partial charge in [-0.25, -0.2) is 0 Å². The Morgan fingerprint density at radius 2 is 0.714 bits per heavy atom. The minimum atomic E-state index is -0.427. The molecule has 0 nitrogen and oxygen atoms in total. The van der Waals surface area contributed by atoms with Gasteiger partial charge in [0.05, 0.1) is 5.41 Å². The molecule has 0 unspecified atom stereocenters. The molecule has 5 aromatic carbocycles. The van der Waals surface area contributed by atoms with Crippen LogP contribution in [-0.2, 0) is 5.41 Å². The molecular weight excluding hydrogens is 589 g/mol. The third kappa shape index (κ3) is 4.37. The summed E-state index contributed by atoms with van der Waals surface area (Å²) in [5.41, 5.74) is 21.6. The van der Waals surface area contributed by atoms with Crippen LogP contribution in [0.5, 0.6) is 0 Å². The first-order chi connectivity index (χ1) is 24.3. The fraction of sp³-hybridized carbons (Fsp3) is 0.143. The van der Waals surface area contributed by atoms with Crippen molar-refractivity contribution in [1.29, 1.82) is 0 Å². The van der Waals surface area contributed by atoms with Crippen LogP contribution in [0.3, 0.4) is 0 Å². The fourth-order valence-electron chi connectivity index (χ4n) is 9.17. The Balaban J connectivity index is 1.31. The van der Waals surface area contributed by atoms with Gasteiger partial charge < -0.3 is 0 Å². The Morgan fingerprint density at radius 1 is 0.347 bits per heavy atom. The molecule has 5 aliphatic rings. The van der Waals surface area contributed by atoms with Gasteiger partial charge in [-0.1, -0.05) is 134 Å². The van der Waals surface area contributed by atoms with Crippen molar-refractivity contribution in [2.24, 2.45) is 0 Å². The van der Waals surface area contributed by atoms with Gasteiger partial charge in [-0.05, 0) is 152 Å². The van der Waals surface area contributed by atoms with E-state index in [1.165, 1.54) is 89.0 Å². The highest BCUT2D eigenvalue weighted by atomic mass is 14.5. The van der Waals surface area contributed by atoms with Crippen LogP contribution < -0.4 is 0 Å². The summed E-state index contributed by atoms with van der Waals surface area (Å²) in [6.07, 6.45) is 27.1. The summed E-state index contributed by atoms with van der Waals surface area (Å²) in [5, 5.41) is 0. The van der Waals surface area contributed by atoms with Gasteiger partial charge in [-0.3, -0.25) is 0 Å². The van der Waals surface area contributed by atoms with E-state index in [1.807, 2.05) is 0 Å². The Morgan fingerprint density at radius 3 is 1.08 bits per heavy atom. The largest absolute Gasteiger partial charge is 0.0842 e. The normalized spacial score (nSPS) is 17.6. The number of rotatable bonds is 4. The maximum Gasteiger partial charge on any atom is 0.0726 e. The van der Waals surface area contributed by atoms with E-state index in [0.29, 0.717) is 0 Å². The van der Waals surface area contributed by atoms with Crippen molar-refractivity contribution in [2.75, 3.05) is 0 Å². The van der Waals surface area contributed by atoms with Crippen molar-refractivity contribution in [3.8, 4) is 33.4 Å². The second kappa shape index (κ2) is 11.3. The lowest BCUT2D eigenvalue weighted by Gasteiger charge is -2.32. The molecule has 0 fully saturated rings. The molecule has 0 bridgehead atoms. The molecule has 49 heavy (non-hydrogen) atoms. The SMILES string of the molecule is C1=CCCC(c2ccc3c(c2)C2(c4cc(C5=CC=CCC5)ccc4-3)c3cc(C4=CC=CCC4)ccc3-c3ccc(-c4ccccc4)cc32)=C1. The maximum atomic E-state index is 2.56. The van der Waals surface area contributed by atoms with Crippen LogP contribution in [0.15, 0.2) is 158 Å². The van der Waals surface area contributed by atoms with Crippen LogP contribution in [0.25, 0.3) is 50.1 Å². The summed E-state index contributed by atoms with van der Waals surface area (Å²) >= 11 is 0. The predicted octanol–water partition coefficient (Wildman–Crippen LogP) is 12.9. The molecular formula is C49H38. The molecule has 234 valence electrons. The van der Waals surface area contributed by atoms with E-state index >= 15 is 0 Å². The standard InChI is InChI=1S/C49H38/c1-5-13-33(14-6-1)37-21-25-41-42-26-22-38(34-15-7-2-8-16-34)30-46(42)49(45(41)29-37)47-31-39(35-17-9-3-10-18-35)23-27-43(47)44-28-24-40(32-48(44)49)36-19-11-4-12-20-36/h1-7,9,11,13-15,17,19,21-32H,8,10,12,16,18,20H2. The first-order valence-corrected chi connectivity index (χ1v) is 18.0. The number of fused-ring (bicyclic) bond motifs is 10. The molecule has 0 saturated carbocycles. The molecule has 0 amide bonds. The van der Waals surface area contributed by atoms with Crippen molar-refractivity contribution in [3.63, 3.8) is 0 Å². The van der Waals surface area contributed by atoms with Gasteiger partial charge in [-0.15, -0.1) is 0 Å². The molecule has 10 rings (SSSR count). The summed E-state index contributed by atoms with van der Waals surface area (Å²) in [6, 6.07) is 40.3. The topological polar surface area (TPSA) is 0 Å². The third-order valence-electron chi connectivity index (χ3n) is 11.5. The van der Waals surface area contributed by atoms with Gasteiger partial charge in [0, 0.05) is 0 Å². The van der Waals surface area contributed by atoms with Crippen molar-refractivity contribution >= 4 is 16.7 Å². The van der Waals surface area contributed by atoms with E-state index in [-0.39, 0.29) is 0 Å². The number of hydrogen-bond acceptors (Lipinski definition) is 0. The van der Waals surface area contributed by atoms with E-state index in [9.17, 15) is 0 Å². The van der Waals surface area contributed by atoms with Crippen molar-refractivity contribution < 1.29 is 0 Å². The molecule has 0 aromatic heterocycles. The molecule has 5 aromatic rings. The Kier molecular flexibility index (Phi) is 6.59. The first-order valence-electron chi connectivity index (χ1n) is 18.0. The van der Waals surface area contributed by atoms with Crippen LogP contribution in [0.2, 0.25) is 0 Å². The van der Waals surface area contributed by atoms with Gasteiger partial charge in [0.15, 0.2) is 0 Å². The molecule has 5 aliphatic carbocycles. The van der Waals surface area contributed by atoms with Gasteiger partial charge in [0.1, 0.15) is 0 Å². The molecule has 1 spiro atoms. The Bertz CT molecular complexity index is 2220. The lowest BCUT2D eigenvalue weighted by Crippen LogP contribution is -2.26. The van der Waals surface area contributed by atoms with Crippen LogP contribution in [-0.4, -0.2) is 0 Å². The highest BCUT2D eigenvalue weighted by Gasteiger charge is 2.52. The quantitative estimate of drug-likeness (QED) is 0.182. The lowest BCUT2D eigenvalue weighted by atomic mass is 9.69. The summed E-state index contributed by atoms with van der Waals surface area (Å²) in [4.78, 5) is 0. The molecule has 0 radical (unpaired) electrons. The minimum absolute atomic E-state index is 0.427. The van der Waals surface area contributed by atoms with Gasteiger partial charge in [-0.2, -0.15) is 0 Å². The van der Waals surface area contributed by atoms with Crippen molar-refractivity contribution in [1.82, 2.24) is 0 Å². The summed E-state index contributed by atoms with van der Waals surface area (Å²) in [5.74, 6) is 0. The predicted molar refractivity (Wildman–Crippen MR) is 207 cm³/mol. The van der Waals surface area contributed by atoms with Crippen molar-refractivity contribution in [3.05, 3.63) is 197 Å². The highest BCUT2D eigenvalue weighted by Crippen LogP contribution is 2.64. The summed E-state index contributed by atoms with van der Waals surface area (Å²) in [7, 11) is 0. The van der Waals surface area contributed by atoms with Gasteiger partial charge in [0.25, 0.3) is 0 Å². The zero-order valence-electron chi connectivity index (χ0n) is 27.8. The van der Waals surface area contributed by atoms with Crippen LogP contribution in [0, 0.1) is 0 Å². The van der Waals surface area contributed by atoms with E-state index in [1.54, 1.807) is 0 Å². The average Bonchev–Trinajstić information content (AvgIpc) is 3.65.